The Morgan fingerprint density at radius 1 is 0.718 bits per heavy atom. The standard InChI is InChI=1S/C30H34N2O5.2Na/c1-20(2)18-26(31-27(30(36)37)19-22-10-6-4-7-11-22)28(33)32(21(3)29(34)35)25-16-14-24(15-17-25)23-12-8-5-9-13-23;;/h4-17,20-21,26-27,31H,18-19H2,1-3H3,(H,34,35)(H,36,37);;/q;2*+1/p-2/t21-,26-,27-;;/m0../s1. The number of carbonyl (C=O) groups is 3. The van der Waals surface area contributed by atoms with Crippen molar-refractivity contribution in [3.8, 4) is 11.1 Å². The summed E-state index contributed by atoms with van der Waals surface area (Å²) >= 11 is 0. The van der Waals surface area contributed by atoms with Gasteiger partial charge in [0.1, 0.15) is 0 Å². The molecule has 0 aromatic heterocycles. The molecule has 1 N–H and O–H groups in total. The van der Waals surface area contributed by atoms with Crippen molar-refractivity contribution in [3.63, 3.8) is 0 Å². The van der Waals surface area contributed by atoms with Crippen LogP contribution in [-0.2, 0) is 20.8 Å². The Morgan fingerprint density at radius 3 is 1.72 bits per heavy atom. The van der Waals surface area contributed by atoms with Crippen LogP contribution in [0.2, 0.25) is 0 Å². The van der Waals surface area contributed by atoms with Crippen LogP contribution in [0.25, 0.3) is 11.1 Å². The molecule has 39 heavy (non-hydrogen) atoms. The van der Waals surface area contributed by atoms with Crippen LogP contribution >= 0.6 is 0 Å². The Morgan fingerprint density at radius 2 is 1.23 bits per heavy atom. The minimum absolute atomic E-state index is 0. The van der Waals surface area contributed by atoms with Gasteiger partial charge >= 0.3 is 59.1 Å². The smallest absolute Gasteiger partial charge is 0.548 e. The molecule has 3 rings (SSSR count). The second kappa shape index (κ2) is 17.0. The number of aliphatic carboxylic acids is 2. The summed E-state index contributed by atoms with van der Waals surface area (Å²) in [5, 5.41) is 26.8. The first kappa shape index (κ1) is 35.1. The van der Waals surface area contributed by atoms with Crippen molar-refractivity contribution < 1.29 is 83.7 Å². The summed E-state index contributed by atoms with van der Waals surface area (Å²) in [7, 11) is 0. The molecule has 0 fully saturated rings. The number of hydrogen-bond donors (Lipinski definition) is 1. The van der Waals surface area contributed by atoms with Crippen molar-refractivity contribution >= 4 is 23.5 Å². The number of nitrogens with zero attached hydrogens (tertiary/aromatic N) is 1. The van der Waals surface area contributed by atoms with Crippen LogP contribution in [0.3, 0.4) is 0 Å². The van der Waals surface area contributed by atoms with Crippen molar-refractivity contribution in [3.05, 3.63) is 90.5 Å². The first-order valence-electron chi connectivity index (χ1n) is 12.4. The van der Waals surface area contributed by atoms with Gasteiger partial charge in [0.15, 0.2) is 0 Å². The van der Waals surface area contributed by atoms with Gasteiger partial charge in [0, 0.05) is 5.69 Å². The average molecular weight is 547 g/mol. The summed E-state index contributed by atoms with van der Waals surface area (Å²) in [6.45, 7) is 5.20. The Hall–Kier alpha value is -1.97. The van der Waals surface area contributed by atoms with Crippen LogP contribution in [-0.4, -0.2) is 36.0 Å². The van der Waals surface area contributed by atoms with Gasteiger partial charge in [0.2, 0.25) is 5.91 Å². The predicted octanol–water partition coefficient (Wildman–Crippen LogP) is -3.80. The van der Waals surface area contributed by atoms with Gasteiger partial charge in [-0.1, -0.05) is 86.6 Å². The topological polar surface area (TPSA) is 113 Å². The third kappa shape index (κ3) is 10.2. The molecule has 1 amide bonds. The molecule has 194 valence electrons. The molecule has 3 aromatic carbocycles. The summed E-state index contributed by atoms with van der Waals surface area (Å²) in [5.74, 6) is -3.26. The molecule has 7 nitrogen and oxygen atoms in total. The molecule has 0 aliphatic heterocycles. The van der Waals surface area contributed by atoms with E-state index in [2.05, 4.69) is 5.32 Å². The van der Waals surface area contributed by atoms with Crippen molar-refractivity contribution in [2.24, 2.45) is 5.92 Å². The largest absolute Gasteiger partial charge is 1.00 e. The number of carboxylic acids is 2. The summed E-state index contributed by atoms with van der Waals surface area (Å²) in [6, 6.07) is 22.3. The third-order valence-electron chi connectivity index (χ3n) is 6.19. The summed E-state index contributed by atoms with van der Waals surface area (Å²) in [4.78, 5) is 38.9. The number of carboxylic acid groups (broad SMARTS) is 2. The maximum atomic E-state index is 13.8. The van der Waals surface area contributed by atoms with E-state index in [0.717, 1.165) is 16.7 Å². The molecule has 0 heterocycles. The number of amides is 1. The number of nitrogens with one attached hydrogen (secondary N) is 1. The second-order valence-electron chi connectivity index (χ2n) is 9.53. The van der Waals surface area contributed by atoms with Crippen LogP contribution in [0.1, 0.15) is 32.8 Å². The fourth-order valence-electron chi connectivity index (χ4n) is 4.27. The van der Waals surface area contributed by atoms with E-state index in [1.165, 1.54) is 11.8 Å². The molecule has 0 bridgehead atoms. The molecule has 0 unspecified atom stereocenters. The summed E-state index contributed by atoms with van der Waals surface area (Å²) < 4.78 is 0. The van der Waals surface area contributed by atoms with Gasteiger partial charge in [0.05, 0.1) is 30.1 Å². The summed E-state index contributed by atoms with van der Waals surface area (Å²) in [5.41, 5.74) is 3.05. The molecule has 0 saturated heterocycles. The van der Waals surface area contributed by atoms with Gasteiger partial charge in [-0.25, -0.2) is 0 Å². The summed E-state index contributed by atoms with van der Waals surface area (Å²) in [6.07, 6.45) is 0.419. The van der Waals surface area contributed by atoms with Gasteiger partial charge in [-0.15, -0.1) is 0 Å². The van der Waals surface area contributed by atoms with Crippen molar-refractivity contribution in [2.75, 3.05) is 4.90 Å². The molecule has 0 radical (unpaired) electrons. The molecule has 0 aliphatic carbocycles. The second-order valence-corrected chi connectivity index (χ2v) is 9.53. The molecule has 3 aromatic rings. The zero-order valence-corrected chi connectivity index (χ0v) is 27.3. The van der Waals surface area contributed by atoms with Gasteiger partial charge in [-0.3, -0.25) is 10.1 Å². The fourth-order valence-corrected chi connectivity index (χ4v) is 4.27. The van der Waals surface area contributed by atoms with E-state index in [-0.39, 0.29) is 71.5 Å². The molecular formula is C30H32N2Na2O5. The minimum Gasteiger partial charge on any atom is -0.548 e. The Balaban J connectivity index is 0.00000380. The Labute approximate surface area is 274 Å². The number of anilines is 1. The zero-order valence-electron chi connectivity index (χ0n) is 23.3. The first-order valence-corrected chi connectivity index (χ1v) is 12.4. The number of rotatable bonds is 12. The number of carbonyl (C=O) groups excluding carboxylic acids is 3. The molecule has 0 aliphatic rings. The van der Waals surface area contributed by atoms with Crippen LogP contribution in [0.5, 0.6) is 0 Å². The van der Waals surface area contributed by atoms with Gasteiger partial charge in [-0.2, -0.15) is 0 Å². The molecule has 0 spiro atoms. The monoisotopic (exact) mass is 546 g/mol. The first-order chi connectivity index (χ1) is 17.7. The van der Waals surface area contributed by atoms with E-state index in [1.807, 2.05) is 62.4 Å². The van der Waals surface area contributed by atoms with Gasteiger partial charge < -0.3 is 24.7 Å². The molecule has 0 saturated carbocycles. The zero-order chi connectivity index (χ0) is 26.9. The van der Waals surface area contributed by atoms with Crippen LogP contribution < -0.4 is 79.5 Å². The van der Waals surface area contributed by atoms with E-state index < -0.39 is 36.0 Å². The van der Waals surface area contributed by atoms with Crippen molar-refractivity contribution in [1.82, 2.24) is 5.32 Å². The van der Waals surface area contributed by atoms with E-state index in [4.69, 9.17) is 0 Å². The van der Waals surface area contributed by atoms with Crippen LogP contribution in [0, 0.1) is 5.92 Å². The quantitative estimate of drug-likeness (QED) is 0.233. The Bertz CT molecular complexity index is 1190. The van der Waals surface area contributed by atoms with Gasteiger partial charge in [-0.05, 0) is 54.5 Å². The van der Waals surface area contributed by atoms with Crippen molar-refractivity contribution in [1.29, 1.82) is 0 Å². The average Bonchev–Trinajstić information content (AvgIpc) is 2.89. The number of hydrogen-bond acceptors (Lipinski definition) is 6. The maximum Gasteiger partial charge on any atom is 1.00 e. The molecular weight excluding hydrogens is 514 g/mol. The fraction of sp³-hybridized carbons (Fsp3) is 0.300. The number of benzene rings is 3. The predicted molar refractivity (Wildman–Crippen MR) is 139 cm³/mol. The van der Waals surface area contributed by atoms with Crippen LogP contribution in [0.4, 0.5) is 5.69 Å². The van der Waals surface area contributed by atoms with E-state index in [0.29, 0.717) is 12.1 Å². The Kier molecular flexibility index (Phi) is 15.3. The van der Waals surface area contributed by atoms with Crippen LogP contribution in [0.15, 0.2) is 84.9 Å². The van der Waals surface area contributed by atoms with Gasteiger partial charge in [0.25, 0.3) is 0 Å². The maximum absolute atomic E-state index is 13.8. The third-order valence-corrected chi connectivity index (χ3v) is 6.19. The molecule has 3 atom stereocenters. The van der Waals surface area contributed by atoms with Crippen molar-refractivity contribution in [2.45, 2.75) is 51.7 Å². The SMILES string of the molecule is CC(C)C[C@H](N[C@@H](Cc1ccccc1)C(=O)[O-])C(=O)N(c1ccc(-c2ccccc2)cc1)[C@@H](C)C(=O)[O-].[Na+].[Na+]. The normalized spacial score (nSPS) is 12.8. The minimum atomic E-state index is -1.41. The van der Waals surface area contributed by atoms with E-state index in [9.17, 15) is 24.6 Å². The van der Waals surface area contributed by atoms with E-state index in [1.54, 1.807) is 36.4 Å². The molecule has 9 heteroatoms. The van der Waals surface area contributed by atoms with E-state index >= 15 is 0 Å².